The molecule has 2 N–H and O–H groups in total. The summed E-state index contributed by atoms with van der Waals surface area (Å²) < 4.78 is 8.45. The van der Waals surface area contributed by atoms with Crippen molar-refractivity contribution in [1.29, 1.82) is 0 Å². The second kappa shape index (κ2) is 12.9. The van der Waals surface area contributed by atoms with Crippen molar-refractivity contribution >= 4 is 39.6 Å². The zero-order valence-corrected chi connectivity index (χ0v) is 23.8. The SMILES string of the molecule is Cc1ccc(-c2ccccc2)n1-c1ccc(C(=O)N/N=C/c2ccc(OCC(=O)Nc3ccccc3)c(Br)c2)cc1. The first-order valence-corrected chi connectivity index (χ1v) is 13.7. The van der Waals surface area contributed by atoms with Crippen LogP contribution in [0, 0.1) is 6.92 Å². The number of para-hydroxylation sites is 1. The molecular weight excluding hydrogens is 580 g/mol. The van der Waals surface area contributed by atoms with Crippen LogP contribution in [0.5, 0.6) is 5.75 Å². The minimum atomic E-state index is -0.316. The van der Waals surface area contributed by atoms with Gasteiger partial charge in [-0.2, -0.15) is 5.10 Å². The molecule has 204 valence electrons. The van der Waals surface area contributed by atoms with E-state index >= 15 is 0 Å². The molecule has 0 aliphatic carbocycles. The maximum absolute atomic E-state index is 12.7. The van der Waals surface area contributed by atoms with E-state index in [9.17, 15) is 9.59 Å². The van der Waals surface area contributed by atoms with Crippen LogP contribution >= 0.6 is 15.9 Å². The number of benzene rings is 4. The lowest BCUT2D eigenvalue weighted by atomic mass is 10.1. The van der Waals surface area contributed by atoms with Gasteiger partial charge in [-0.15, -0.1) is 0 Å². The zero-order chi connectivity index (χ0) is 28.6. The number of aryl methyl sites for hydroxylation is 1. The molecule has 0 spiro atoms. The Morgan fingerprint density at radius 3 is 2.29 bits per heavy atom. The van der Waals surface area contributed by atoms with E-state index < -0.39 is 0 Å². The normalized spacial score (nSPS) is 10.9. The summed E-state index contributed by atoms with van der Waals surface area (Å²) in [4.78, 5) is 24.8. The van der Waals surface area contributed by atoms with Crippen molar-refractivity contribution in [1.82, 2.24) is 9.99 Å². The molecule has 0 atom stereocenters. The molecular formula is C33H27BrN4O3. The first kappa shape index (κ1) is 27.6. The van der Waals surface area contributed by atoms with Gasteiger partial charge in [0.15, 0.2) is 6.61 Å². The molecule has 41 heavy (non-hydrogen) atoms. The molecule has 0 unspecified atom stereocenters. The van der Waals surface area contributed by atoms with Gasteiger partial charge in [0.1, 0.15) is 5.75 Å². The first-order chi connectivity index (χ1) is 20.0. The number of carbonyl (C=O) groups is 2. The molecule has 5 aromatic rings. The molecule has 1 heterocycles. The van der Waals surface area contributed by atoms with Crippen LogP contribution in [0.1, 0.15) is 21.6 Å². The van der Waals surface area contributed by atoms with Crippen molar-refractivity contribution in [3.05, 3.63) is 137 Å². The smallest absolute Gasteiger partial charge is 0.271 e. The Morgan fingerprint density at radius 2 is 1.59 bits per heavy atom. The van der Waals surface area contributed by atoms with Gasteiger partial charge in [-0.05, 0) is 101 Å². The molecule has 0 fully saturated rings. The number of hydrogen-bond acceptors (Lipinski definition) is 4. The second-order valence-corrected chi connectivity index (χ2v) is 10.1. The fourth-order valence-corrected chi connectivity index (χ4v) is 4.79. The molecule has 0 aliphatic rings. The number of carbonyl (C=O) groups excluding carboxylic acids is 2. The van der Waals surface area contributed by atoms with Gasteiger partial charge in [-0.1, -0.05) is 48.5 Å². The van der Waals surface area contributed by atoms with Crippen LogP contribution in [-0.2, 0) is 4.79 Å². The zero-order valence-electron chi connectivity index (χ0n) is 22.3. The lowest BCUT2D eigenvalue weighted by molar-refractivity contribution is -0.118. The van der Waals surface area contributed by atoms with E-state index in [0.717, 1.165) is 28.2 Å². The summed E-state index contributed by atoms with van der Waals surface area (Å²) in [5.41, 5.74) is 8.79. The summed E-state index contributed by atoms with van der Waals surface area (Å²) in [5, 5.41) is 6.87. The minimum absolute atomic E-state index is 0.132. The fourth-order valence-electron chi connectivity index (χ4n) is 4.28. The number of halogens is 1. The van der Waals surface area contributed by atoms with Crippen molar-refractivity contribution in [3.8, 4) is 22.7 Å². The highest BCUT2D eigenvalue weighted by molar-refractivity contribution is 9.10. The van der Waals surface area contributed by atoms with Gasteiger partial charge < -0.3 is 14.6 Å². The summed E-state index contributed by atoms with van der Waals surface area (Å²) in [6.45, 7) is 1.93. The van der Waals surface area contributed by atoms with E-state index in [2.05, 4.69) is 67.5 Å². The van der Waals surface area contributed by atoms with E-state index in [1.165, 1.54) is 6.21 Å². The fraction of sp³-hybridized carbons (Fsp3) is 0.0606. The summed E-state index contributed by atoms with van der Waals surface area (Å²) >= 11 is 3.46. The third-order valence-corrected chi connectivity index (χ3v) is 6.90. The Hall–Kier alpha value is -4.95. The number of anilines is 1. The molecule has 0 saturated carbocycles. The maximum Gasteiger partial charge on any atom is 0.271 e. The van der Waals surface area contributed by atoms with Gasteiger partial charge in [0, 0.05) is 22.6 Å². The quantitative estimate of drug-likeness (QED) is 0.140. The average Bonchev–Trinajstić information content (AvgIpc) is 3.39. The number of rotatable bonds is 9. The van der Waals surface area contributed by atoms with Crippen molar-refractivity contribution < 1.29 is 14.3 Å². The Balaban J connectivity index is 1.17. The molecule has 0 bridgehead atoms. The van der Waals surface area contributed by atoms with Gasteiger partial charge in [-0.25, -0.2) is 5.43 Å². The van der Waals surface area contributed by atoms with E-state index in [1.54, 1.807) is 30.3 Å². The summed E-state index contributed by atoms with van der Waals surface area (Å²) in [6.07, 6.45) is 1.54. The van der Waals surface area contributed by atoms with Crippen LogP contribution in [-0.4, -0.2) is 29.2 Å². The Bertz CT molecular complexity index is 1680. The highest BCUT2D eigenvalue weighted by Crippen LogP contribution is 2.27. The Morgan fingerprint density at radius 1 is 0.878 bits per heavy atom. The number of amides is 2. The van der Waals surface area contributed by atoms with Crippen LogP contribution in [0.3, 0.4) is 0 Å². The topological polar surface area (TPSA) is 84.7 Å². The predicted molar refractivity (Wildman–Crippen MR) is 166 cm³/mol. The first-order valence-electron chi connectivity index (χ1n) is 12.9. The van der Waals surface area contributed by atoms with Crippen molar-refractivity contribution in [2.75, 3.05) is 11.9 Å². The lowest BCUT2D eigenvalue weighted by Gasteiger charge is -2.12. The molecule has 4 aromatic carbocycles. The highest BCUT2D eigenvalue weighted by Gasteiger charge is 2.11. The maximum atomic E-state index is 12.7. The van der Waals surface area contributed by atoms with Gasteiger partial charge in [-0.3, -0.25) is 9.59 Å². The number of nitrogens with one attached hydrogen (secondary N) is 2. The third-order valence-electron chi connectivity index (χ3n) is 6.29. The minimum Gasteiger partial charge on any atom is -0.483 e. The summed E-state index contributed by atoms with van der Waals surface area (Å²) in [7, 11) is 0. The largest absolute Gasteiger partial charge is 0.483 e. The van der Waals surface area contributed by atoms with Crippen LogP contribution in [0.4, 0.5) is 5.69 Å². The van der Waals surface area contributed by atoms with Gasteiger partial charge in [0.2, 0.25) is 0 Å². The number of nitrogens with zero attached hydrogens (tertiary/aromatic N) is 2. The summed E-state index contributed by atoms with van der Waals surface area (Å²) in [5.74, 6) is -0.0591. The van der Waals surface area contributed by atoms with E-state index in [-0.39, 0.29) is 18.4 Å². The van der Waals surface area contributed by atoms with E-state index in [4.69, 9.17) is 4.74 Å². The van der Waals surface area contributed by atoms with Crippen LogP contribution in [0.2, 0.25) is 0 Å². The number of ether oxygens (including phenoxy) is 1. The van der Waals surface area contributed by atoms with Crippen molar-refractivity contribution in [3.63, 3.8) is 0 Å². The number of hydrogen-bond donors (Lipinski definition) is 2. The van der Waals surface area contributed by atoms with Crippen LogP contribution < -0.4 is 15.5 Å². The van der Waals surface area contributed by atoms with E-state index in [1.807, 2.05) is 60.7 Å². The van der Waals surface area contributed by atoms with Crippen LogP contribution in [0.15, 0.2) is 125 Å². The molecule has 0 aliphatic heterocycles. The number of hydrazone groups is 1. The molecule has 2 amide bonds. The molecule has 0 saturated heterocycles. The molecule has 7 nitrogen and oxygen atoms in total. The lowest BCUT2D eigenvalue weighted by Crippen LogP contribution is -2.20. The predicted octanol–water partition coefficient (Wildman–Crippen LogP) is 7.00. The Labute approximate surface area is 246 Å². The molecule has 0 radical (unpaired) electrons. The second-order valence-electron chi connectivity index (χ2n) is 9.20. The van der Waals surface area contributed by atoms with Gasteiger partial charge in [0.05, 0.1) is 16.4 Å². The van der Waals surface area contributed by atoms with Gasteiger partial charge in [0.25, 0.3) is 11.8 Å². The summed E-state index contributed by atoms with van der Waals surface area (Å²) in [6, 6.07) is 36.3. The Kier molecular flexibility index (Phi) is 8.71. The standard InChI is InChI=1S/C33H27BrN4O3/c1-23-12-18-30(25-8-4-2-5-9-25)38(23)28-16-14-26(15-17-28)33(40)37-35-21-24-13-19-31(29(34)20-24)41-22-32(39)36-27-10-6-3-7-11-27/h2-21H,22H2,1H3,(H,36,39)(H,37,40)/b35-21+. The van der Waals surface area contributed by atoms with E-state index in [0.29, 0.717) is 21.5 Å². The number of aromatic nitrogens is 1. The molecule has 5 rings (SSSR count). The molecule has 8 heteroatoms. The third kappa shape index (κ3) is 6.98. The molecule has 1 aromatic heterocycles. The highest BCUT2D eigenvalue weighted by atomic mass is 79.9. The monoisotopic (exact) mass is 606 g/mol. The van der Waals surface area contributed by atoms with Gasteiger partial charge >= 0.3 is 0 Å². The average molecular weight is 608 g/mol. The van der Waals surface area contributed by atoms with Crippen LogP contribution in [0.25, 0.3) is 16.9 Å². The van der Waals surface area contributed by atoms with Crippen molar-refractivity contribution in [2.45, 2.75) is 6.92 Å². The van der Waals surface area contributed by atoms with Crippen molar-refractivity contribution in [2.24, 2.45) is 5.10 Å².